The monoisotopic (exact) mass is 292 g/mol. The first-order valence-electron chi connectivity index (χ1n) is 5.63. The Morgan fingerprint density at radius 3 is 2.35 bits per heavy atom. The van der Waals surface area contributed by atoms with Gasteiger partial charge in [0.15, 0.2) is 11.5 Å². The Hall–Kier alpha value is -2.34. The number of esters is 1. The molecular weight excluding hydrogens is 280 g/mol. The molecule has 2 aromatic carbocycles. The molecule has 20 heavy (non-hydrogen) atoms. The molecule has 0 fully saturated rings. The molecule has 0 radical (unpaired) electrons. The molecule has 0 saturated heterocycles. The maximum atomic E-state index is 11.7. The second-order valence-electron chi connectivity index (χ2n) is 3.88. The minimum Gasteiger partial charge on any atom is -0.504 e. The number of phenols is 3. The van der Waals surface area contributed by atoms with Crippen molar-refractivity contribution in [2.45, 2.75) is 9.79 Å². The van der Waals surface area contributed by atoms with Gasteiger partial charge in [0, 0.05) is 4.90 Å². The fourth-order valence-electron chi connectivity index (χ4n) is 1.60. The second-order valence-corrected chi connectivity index (χ2v) is 4.96. The number of carbonyl (C=O) groups excluding carboxylic acids is 1. The minimum atomic E-state index is -0.714. The van der Waals surface area contributed by atoms with Gasteiger partial charge < -0.3 is 20.1 Å². The topological polar surface area (TPSA) is 87.0 Å². The highest BCUT2D eigenvalue weighted by atomic mass is 32.2. The van der Waals surface area contributed by atoms with Crippen molar-refractivity contribution in [2.75, 3.05) is 7.11 Å². The predicted molar refractivity (Wildman–Crippen MR) is 73.3 cm³/mol. The normalized spacial score (nSPS) is 10.2. The summed E-state index contributed by atoms with van der Waals surface area (Å²) < 4.78 is 4.61. The highest BCUT2D eigenvalue weighted by Gasteiger charge is 2.22. The summed E-state index contributed by atoms with van der Waals surface area (Å²) >= 11 is 1.09. The molecule has 2 aromatic rings. The molecule has 0 aliphatic rings. The number of ether oxygens (including phenoxy) is 1. The van der Waals surface area contributed by atoms with Gasteiger partial charge in [0.25, 0.3) is 0 Å². The van der Waals surface area contributed by atoms with Crippen LogP contribution in [0.25, 0.3) is 0 Å². The fourth-order valence-corrected chi connectivity index (χ4v) is 2.57. The first kappa shape index (κ1) is 14.1. The van der Waals surface area contributed by atoms with E-state index in [1.807, 2.05) is 6.07 Å². The average Bonchev–Trinajstić information content (AvgIpc) is 2.48. The predicted octanol–water partition coefficient (Wildman–Crippen LogP) is 2.74. The van der Waals surface area contributed by atoms with Crippen molar-refractivity contribution in [3.63, 3.8) is 0 Å². The van der Waals surface area contributed by atoms with Crippen molar-refractivity contribution in [3.8, 4) is 17.2 Å². The van der Waals surface area contributed by atoms with Crippen molar-refractivity contribution in [1.82, 2.24) is 0 Å². The van der Waals surface area contributed by atoms with Crippen molar-refractivity contribution >= 4 is 17.7 Å². The third-order valence-corrected chi connectivity index (χ3v) is 3.70. The zero-order valence-electron chi connectivity index (χ0n) is 10.5. The summed E-state index contributed by atoms with van der Waals surface area (Å²) in [6.07, 6.45) is 0. The van der Waals surface area contributed by atoms with Gasteiger partial charge >= 0.3 is 5.97 Å². The summed E-state index contributed by atoms with van der Waals surface area (Å²) in [6, 6.07) is 10.1. The van der Waals surface area contributed by atoms with E-state index < -0.39 is 23.2 Å². The standard InChI is InChI=1S/C14H12O5S/c1-19-14(18)9-7-10(15)11(16)12(17)13(9)20-8-5-3-2-4-6-8/h2-7,15-17H,1H3. The van der Waals surface area contributed by atoms with E-state index in [9.17, 15) is 20.1 Å². The molecule has 2 rings (SSSR count). The van der Waals surface area contributed by atoms with Gasteiger partial charge in [-0.3, -0.25) is 0 Å². The maximum absolute atomic E-state index is 11.7. The largest absolute Gasteiger partial charge is 0.504 e. The van der Waals surface area contributed by atoms with E-state index in [0.717, 1.165) is 22.7 Å². The van der Waals surface area contributed by atoms with Gasteiger partial charge in [0.1, 0.15) is 0 Å². The first-order valence-corrected chi connectivity index (χ1v) is 6.45. The second kappa shape index (κ2) is 5.75. The van der Waals surface area contributed by atoms with Crippen LogP contribution in [-0.4, -0.2) is 28.4 Å². The minimum absolute atomic E-state index is 0.0193. The molecule has 0 amide bonds. The van der Waals surface area contributed by atoms with Crippen molar-refractivity contribution in [3.05, 3.63) is 42.0 Å². The van der Waals surface area contributed by atoms with Gasteiger partial charge in [-0.2, -0.15) is 0 Å². The lowest BCUT2D eigenvalue weighted by molar-refractivity contribution is 0.0595. The molecule has 0 atom stereocenters. The van der Waals surface area contributed by atoms with Crippen LogP contribution in [-0.2, 0) is 4.74 Å². The van der Waals surface area contributed by atoms with Gasteiger partial charge in [0.05, 0.1) is 17.6 Å². The molecule has 0 unspecified atom stereocenters. The van der Waals surface area contributed by atoms with Crippen LogP contribution in [0.1, 0.15) is 10.4 Å². The number of hydrogen-bond acceptors (Lipinski definition) is 6. The molecule has 6 heteroatoms. The third kappa shape index (κ3) is 2.65. The van der Waals surface area contributed by atoms with Gasteiger partial charge in [-0.15, -0.1) is 0 Å². The maximum Gasteiger partial charge on any atom is 0.339 e. The van der Waals surface area contributed by atoms with Gasteiger partial charge in [-0.05, 0) is 18.2 Å². The lowest BCUT2D eigenvalue weighted by Gasteiger charge is -2.12. The van der Waals surface area contributed by atoms with Crippen LogP contribution in [0.3, 0.4) is 0 Å². The molecule has 3 N–H and O–H groups in total. The molecule has 5 nitrogen and oxygen atoms in total. The first-order chi connectivity index (χ1) is 9.54. The van der Waals surface area contributed by atoms with Crippen LogP contribution in [0.2, 0.25) is 0 Å². The van der Waals surface area contributed by atoms with E-state index in [0.29, 0.717) is 0 Å². The molecule has 0 aliphatic heterocycles. The molecule has 0 saturated carbocycles. The summed E-state index contributed by atoms with van der Waals surface area (Å²) in [5.74, 6) is -2.52. The van der Waals surface area contributed by atoms with Crippen LogP contribution in [0, 0.1) is 0 Å². The Bertz CT molecular complexity index is 640. The summed E-state index contributed by atoms with van der Waals surface area (Å²) in [6.45, 7) is 0. The van der Waals surface area contributed by atoms with Crippen LogP contribution < -0.4 is 0 Å². The Labute approximate surface area is 119 Å². The number of phenolic OH excluding ortho intramolecular Hbond substituents is 3. The number of methoxy groups -OCH3 is 1. The Morgan fingerprint density at radius 2 is 1.75 bits per heavy atom. The molecule has 0 aromatic heterocycles. The number of hydrogen-bond donors (Lipinski definition) is 3. The third-order valence-electron chi connectivity index (χ3n) is 2.58. The van der Waals surface area contributed by atoms with E-state index in [4.69, 9.17) is 0 Å². The summed E-state index contributed by atoms with van der Waals surface area (Å²) in [7, 11) is 1.19. The molecule has 0 bridgehead atoms. The highest BCUT2D eigenvalue weighted by molar-refractivity contribution is 7.99. The van der Waals surface area contributed by atoms with Crippen molar-refractivity contribution < 1.29 is 24.9 Å². The van der Waals surface area contributed by atoms with Gasteiger partial charge in [0.2, 0.25) is 5.75 Å². The zero-order valence-corrected chi connectivity index (χ0v) is 11.3. The SMILES string of the molecule is COC(=O)c1cc(O)c(O)c(O)c1Sc1ccccc1. The van der Waals surface area contributed by atoms with Crippen LogP contribution >= 0.6 is 11.8 Å². The Morgan fingerprint density at radius 1 is 1.10 bits per heavy atom. The summed E-state index contributed by atoms with van der Waals surface area (Å²) in [4.78, 5) is 12.6. The van der Waals surface area contributed by atoms with Crippen molar-refractivity contribution in [1.29, 1.82) is 0 Å². The fraction of sp³-hybridized carbons (Fsp3) is 0.0714. The lowest BCUT2D eigenvalue weighted by Crippen LogP contribution is -2.03. The highest BCUT2D eigenvalue weighted by Crippen LogP contribution is 2.46. The van der Waals surface area contributed by atoms with E-state index in [-0.39, 0.29) is 10.5 Å². The van der Waals surface area contributed by atoms with Gasteiger partial charge in [-0.25, -0.2) is 4.79 Å². The quantitative estimate of drug-likeness (QED) is 0.595. The molecule has 0 heterocycles. The average molecular weight is 292 g/mol. The van der Waals surface area contributed by atoms with Crippen molar-refractivity contribution in [2.24, 2.45) is 0 Å². The van der Waals surface area contributed by atoms with E-state index >= 15 is 0 Å². The van der Waals surface area contributed by atoms with E-state index in [1.54, 1.807) is 24.3 Å². The Balaban J connectivity index is 2.55. The lowest BCUT2D eigenvalue weighted by atomic mass is 10.2. The van der Waals surface area contributed by atoms with Gasteiger partial charge in [-0.1, -0.05) is 30.0 Å². The summed E-state index contributed by atoms with van der Waals surface area (Å²) in [5.41, 5.74) is -0.0193. The molecule has 0 spiro atoms. The molecular formula is C14H12O5S. The molecule has 104 valence electrons. The number of benzene rings is 2. The van der Waals surface area contributed by atoms with Crippen LogP contribution in [0.4, 0.5) is 0 Å². The Kier molecular flexibility index (Phi) is 4.05. The van der Waals surface area contributed by atoms with Crippen LogP contribution in [0.5, 0.6) is 17.2 Å². The summed E-state index contributed by atoms with van der Waals surface area (Å²) in [5, 5.41) is 29.0. The smallest absolute Gasteiger partial charge is 0.339 e. The number of carbonyl (C=O) groups is 1. The number of aromatic hydroxyl groups is 3. The van der Waals surface area contributed by atoms with E-state index in [2.05, 4.69) is 4.74 Å². The van der Waals surface area contributed by atoms with E-state index in [1.165, 1.54) is 7.11 Å². The number of rotatable bonds is 3. The zero-order chi connectivity index (χ0) is 14.7. The molecule has 0 aliphatic carbocycles. The van der Waals surface area contributed by atoms with Crippen LogP contribution in [0.15, 0.2) is 46.2 Å².